The zero-order chi connectivity index (χ0) is 17.7. The Labute approximate surface area is 144 Å². The number of nitrogens with one attached hydrogen (secondary N) is 2. The summed E-state index contributed by atoms with van der Waals surface area (Å²) in [5, 5.41) is 11.2. The summed E-state index contributed by atoms with van der Waals surface area (Å²) in [6.45, 7) is 11.0. The van der Waals surface area contributed by atoms with Gasteiger partial charge in [0.1, 0.15) is 0 Å². The van der Waals surface area contributed by atoms with Crippen LogP contribution in [0, 0.1) is 13.8 Å². The standard InChI is InChI=1S/C17H30N6O/c1-6-16(24)23-9-8-14(11-23)20-17(18-7-2)19-10-15-12(3)21-22(5)13(15)4/h14H,6-11H2,1-5H3,(H2,18,19,20). The number of amides is 1. The van der Waals surface area contributed by atoms with Crippen molar-refractivity contribution in [2.24, 2.45) is 12.0 Å². The summed E-state index contributed by atoms with van der Waals surface area (Å²) in [4.78, 5) is 18.4. The molecule has 1 fully saturated rings. The van der Waals surface area contributed by atoms with Crippen molar-refractivity contribution in [3.63, 3.8) is 0 Å². The molecule has 1 aliphatic rings. The van der Waals surface area contributed by atoms with Gasteiger partial charge in [0, 0.05) is 50.4 Å². The van der Waals surface area contributed by atoms with Crippen LogP contribution in [0.25, 0.3) is 0 Å². The number of hydrogen-bond donors (Lipinski definition) is 2. The number of aromatic nitrogens is 2. The Balaban J connectivity index is 2.00. The molecule has 2 rings (SSSR count). The number of rotatable bonds is 5. The van der Waals surface area contributed by atoms with E-state index in [1.165, 1.54) is 5.56 Å². The van der Waals surface area contributed by atoms with Gasteiger partial charge in [-0.05, 0) is 27.2 Å². The molecule has 0 spiro atoms. The maximum Gasteiger partial charge on any atom is 0.222 e. The zero-order valence-electron chi connectivity index (χ0n) is 15.5. The van der Waals surface area contributed by atoms with Crippen molar-refractivity contribution >= 4 is 11.9 Å². The second-order valence-electron chi connectivity index (χ2n) is 6.29. The number of aryl methyl sites for hydroxylation is 2. The SMILES string of the molecule is CCNC(=NCc1c(C)nn(C)c1C)NC1CCN(C(=O)CC)C1. The van der Waals surface area contributed by atoms with Crippen LogP contribution in [0.15, 0.2) is 4.99 Å². The predicted molar refractivity (Wildman–Crippen MR) is 95.9 cm³/mol. The molecule has 0 bridgehead atoms. The third-order valence-corrected chi connectivity index (χ3v) is 4.58. The Bertz CT molecular complexity index is 606. The van der Waals surface area contributed by atoms with Gasteiger partial charge in [0.05, 0.1) is 12.2 Å². The number of guanidine groups is 1. The molecule has 1 aliphatic heterocycles. The van der Waals surface area contributed by atoms with E-state index in [1.54, 1.807) is 0 Å². The van der Waals surface area contributed by atoms with Crippen molar-refractivity contribution in [3.8, 4) is 0 Å². The predicted octanol–water partition coefficient (Wildman–Crippen LogP) is 1.10. The van der Waals surface area contributed by atoms with Gasteiger partial charge < -0.3 is 15.5 Å². The first-order valence-corrected chi connectivity index (χ1v) is 8.77. The molecule has 7 nitrogen and oxygen atoms in total. The fraction of sp³-hybridized carbons (Fsp3) is 0.706. The number of likely N-dealkylation sites (tertiary alicyclic amines) is 1. The summed E-state index contributed by atoms with van der Waals surface area (Å²) in [7, 11) is 1.96. The van der Waals surface area contributed by atoms with Crippen molar-refractivity contribution in [2.75, 3.05) is 19.6 Å². The van der Waals surface area contributed by atoms with E-state index < -0.39 is 0 Å². The molecule has 1 amide bonds. The molecule has 2 N–H and O–H groups in total. The van der Waals surface area contributed by atoms with Crippen molar-refractivity contribution in [3.05, 3.63) is 17.0 Å². The van der Waals surface area contributed by atoms with E-state index in [0.29, 0.717) is 13.0 Å². The fourth-order valence-corrected chi connectivity index (χ4v) is 3.05. The van der Waals surface area contributed by atoms with Crippen LogP contribution in [0.1, 0.15) is 43.6 Å². The molecule has 0 aliphatic carbocycles. The maximum atomic E-state index is 11.8. The Hall–Kier alpha value is -2.05. The summed E-state index contributed by atoms with van der Waals surface area (Å²) in [5.74, 6) is 1.03. The Morgan fingerprint density at radius 2 is 2.12 bits per heavy atom. The summed E-state index contributed by atoms with van der Waals surface area (Å²) in [5.41, 5.74) is 3.34. The zero-order valence-corrected chi connectivity index (χ0v) is 15.5. The molecule has 1 aromatic heterocycles. The summed E-state index contributed by atoms with van der Waals surface area (Å²) in [6, 6.07) is 0.259. The first kappa shape index (κ1) is 18.3. The number of hydrogen-bond acceptors (Lipinski definition) is 3. The number of carbonyl (C=O) groups is 1. The summed E-state index contributed by atoms with van der Waals surface area (Å²) >= 11 is 0. The molecule has 2 heterocycles. The minimum Gasteiger partial charge on any atom is -0.357 e. The smallest absolute Gasteiger partial charge is 0.222 e. The normalized spacial score (nSPS) is 18.1. The summed E-state index contributed by atoms with van der Waals surface area (Å²) < 4.78 is 1.89. The molecule has 1 saturated heterocycles. The molecule has 7 heteroatoms. The van der Waals surface area contributed by atoms with Gasteiger partial charge in [-0.3, -0.25) is 9.48 Å². The van der Waals surface area contributed by atoms with Gasteiger partial charge in [0.25, 0.3) is 0 Å². The van der Waals surface area contributed by atoms with Crippen LogP contribution in [0.3, 0.4) is 0 Å². The lowest BCUT2D eigenvalue weighted by Crippen LogP contribution is -2.45. The molecular formula is C17H30N6O. The average molecular weight is 334 g/mol. The third-order valence-electron chi connectivity index (χ3n) is 4.58. The highest BCUT2D eigenvalue weighted by molar-refractivity contribution is 5.80. The fourth-order valence-electron chi connectivity index (χ4n) is 3.05. The molecular weight excluding hydrogens is 304 g/mol. The molecule has 1 aromatic rings. The molecule has 134 valence electrons. The van der Waals surface area contributed by atoms with Crippen LogP contribution < -0.4 is 10.6 Å². The second kappa shape index (κ2) is 8.17. The van der Waals surface area contributed by atoms with Gasteiger partial charge in [-0.2, -0.15) is 5.10 Å². The summed E-state index contributed by atoms with van der Waals surface area (Å²) in [6.07, 6.45) is 1.53. The Morgan fingerprint density at radius 3 is 2.71 bits per heavy atom. The average Bonchev–Trinajstić information content (AvgIpc) is 3.11. The van der Waals surface area contributed by atoms with Crippen LogP contribution in [-0.2, 0) is 18.4 Å². The van der Waals surface area contributed by atoms with Crippen molar-refractivity contribution in [2.45, 2.75) is 53.1 Å². The molecule has 0 radical (unpaired) electrons. The van der Waals surface area contributed by atoms with Crippen molar-refractivity contribution in [1.29, 1.82) is 0 Å². The quantitative estimate of drug-likeness (QED) is 0.625. The van der Waals surface area contributed by atoms with E-state index in [1.807, 2.05) is 30.5 Å². The van der Waals surface area contributed by atoms with Crippen LogP contribution in [0.2, 0.25) is 0 Å². The molecule has 0 aromatic carbocycles. The highest BCUT2D eigenvalue weighted by Gasteiger charge is 2.25. The van der Waals surface area contributed by atoms with Gasteiger partial charge in [-0.15, -0.1) is 0 Å². The van der Waals surface area contributed by atoms with E-state index in [-0.39, 0.29) is 11.9 Å². The lowest BCUT2D eigenvalue weighted by atomic mass is 10.2. The van der Waals surface area contributed by atoms with Crippen LogP contribution >= 0.6 is 0 Å². The van der Waals surface area contributed by atoms with Crippen LogP contribution in [0.4, 0.5) is 0 Å². The Kier molecular flexibility index (Phi) is 6.23. The lowest BCUT2D eigenvalue weighted by Gasteiger charge is -2.18. The first-order valence-electron chi connectivity index (χ1n) is 8.77. The van der Waals surface area contributed by atoms with E-state index in [4.69, 9.17) is 4.99 Å². The van der Waals surface area contributed by atoms with Crippen molar-refractivity contribution in [1.82, 2.24) is 25.3 Å². The van der Waals surface area contributed by atoms with E-state index in [2.05, 4.69) is 29.6 Å². The van der Waals surface area contributed by atoms with Crippen LogP contribution in [-0.4, -0.2) is 52.2 Å². The lowest BCUT2D eigenvalue weighted by molar-refractivity contribution is -0.129. The van der Waals surface area contributed by atoms with E-state index in [9.17, 15) is 4.79 Å². The molecule has 24 heavy (non-hydrogen) atoms. The highest BCUT2D eigenvalue weighted by Crippen LogP contribution is 2.13. The van der Waals surface area contributed by atoms with E-state index >= 15 is 0 Å². The van der Waals surface area contributed by atoms with Crippen molar-refractivity contribution < 1.29 is 4.79 Å². The molecule has 1 unspecified atom stereocenters. The van der Waals surface area contributed by atoms with Gasteiger partial charge in [0.15, 0.2) is 5.96 Å². The van der Waals surface area contributed by atoms with Crippen LogP contribution in [0.5, 0.6) is 0 Å². The minimum absolute atomic E-state index is 0.225. The highest BCUT2D eigenvalue weighted by atomic mass is 16.2. The topological polar surface area (TPSA) is 74.6 Å². The van der Waals surface area contributed by atoms with Gasteiger partial charge >= 0.3 is 0 Å². The largest absolute Gasteiger partial charge is 0.357 e. The van der Waals surface area contributed by atoms with Gasteiger partial charge in [-0.1, -0.05) is 6.92 Å². The number of nitrogens with zero attached hydrogens (tertiary/aromatic N) is 4. The Morgan fingerprint density at radius 1 is 1.38 bits per heavy atom. The van der Waals surface area contributed by atoms with Gasteiger partial charge in [-0.25, -0.2) is 4.99 Å². The first-order chi connectivity index (χ1) is 11.5. The maximum absolute atomic E-state index is 11.8. The number of carbonyl (C=O) groups excluding carboxylic acids is 1. The van der Waals surface area contributed by atoms with Gasteiger partial charge in [0.2, 0.25) is 5.91 Å². The molecule has 1 atom stereocenters. The minimum atomic E-state index is 0.225. The monoisotopic (exact) mass is 334 g/mol. The molecule has 0 saturated carbocycles. The second-order valence-corrected chi connectivity index (χ2v) is 6.29. The third kappa shape index (κ3) is 4.27. The van der Waals surface area contributed by atoms with E-state index in [0.717, 1.165) is 43.4 Å². The number of aliphatic imine (C=N–C) groups is 1.